The van der Waals surface area contributed by atoms with Crippen molar-refractivity contribution in [2.45, 2.75) is 63.9 Å². The van der Waals surface area contributed by atoms with Crippen LogP contribution in [0.1, 0.15) is 57.8 Å². The van der Waals surface area contributed by atoms with Gasteiger partial charge < -0.3 is 15.0 Å². The van der Waals surface area contributed by atoms with Gasteiger partial charge in [0.15, 0.2) is 5.96 Å². The highest BCUT2D eigenvalue weighted by Gasteiger charge is 2.24. The number of hydrogen-bond acceptors (Lipinski definition) is 4. The Morgan fingerprint density at radius 1 is 1.03 bits per heavy atom. The molecule has 0 amide bonds. The molecule has 1 aliphatic heterocycles. The summed E-state index contributed by atoms with van der Waals surface area (Å²) in [6.45, 7) is 3.70. The van der Waals surface area contributed by atoms with Gasteiger partial charge in [-0.2, -0.15) is 0 Å². The molecular weight excluding hydrogens is 503 g/mol. The van der Waals surface area contributed by atoms with Gasteiger partial charge in [0.2, 0.25) is 10.0 Å². The number of sulfonamides is 1. The number of aliphatic imine (C=N–C) groups is 1. The van der Waals surface area contributed by atoms with Crippen LogP contribution in [0.25, 0.3) is 0 Å². The van der Waals surface area contributed by atoms with Gasteiger partial charge in [-0.3, -0.25) is 4.99 Å². The maximum Gasteiger partial charge on any atom is 0.213 e. The first kappa shape index (κ1) is 25.1. The van der Waals surface area contributed by atoms with Gasteiger partial charge in [-0.25, -0.2) is 13.1 Å². The van der Waals surface area contributed by atoms with Gasteiger partial charge in [0.25, 0.3) is 0 Å². The third-order valence-corrected chi connectivity index (χ3v) is 7.81. The number of hydrogen-bond donors (Lipinski definition) is 2. The quantitative estimate of drug-likeness (QED) is 0.266. The molecule has 170 valence electrons. The summed E-state index contributed by atoms with van der Waals surface area (Å²) in [4.78, 5) is 6.55. The lowest BCUT2D eigenvalue weighted by Crippen LogP contribution is -2.48. The van der Waals surface area contributed by atoms with Crippen molar-refractivity contribution in [1.29, 1.82) is 0 Å². The van der Waals surface area contributed by atoms with Crippen molar-refractivity contribution in [2.75, 3.05) is 45.6 Å². The molecule has 0 radical (unpaired) electrons. The number of likely N-dealkylation sites (tertiary alicyclic amines) is 1. The average Bonchev–Trinajstić information content (AvgIpc) is 3.16. The smallest absolute Gasteiger partial charge is 0.213 e. The minimum absolute atomic E-state index is 0. The van der Waals surface area contributed by atoms with E-state index in [1.165, 1.54) is 32.1 Å². The summed E-state index contributed by atoms with van der Waals surface area (Å²) < 4.78 is 33.1. The molecule has 3 aliphatic rings. The number of halogens is 1. The molecule has 0 unspecified atom stereocenters. The second-order valence-electron chi connectivity index (χ2n) is 8.61. The molecule has 0 aromatic rings. The molecule has 0 bridgehead atoms. The predicted molar refractivity (Wildman–Crippen MR) is 128 cm³/mol. The van der Waals surface area contributed by atoms with Gasteiger partial charge in [0.1, 0.15) is 0 Å². The third kappa shape index (κ3) is 8.49. The Balaban J connectivity index is 0.00000300. The normalized spacial score (nSPS) is 22.4. The van der Waals surface area contributed by atoms with Gasteiger partial charge in [-0.1, -0.05) is 19.3 Å². The van der Waals surface area contributed by atoms with Crippen LogP contribution in [-0.4, -0.2) is 71.0 Å². The number of guanidine groups is 1. The Kier molecular flexibility index (Phi) is 11.0. The second kappa shape index (κ2) is 12.7. The largest absolute Gasteiger partial charge is 0.378 e. The van der Waals surface area contributed by atoms with E-state index in [0.29, 0.717) is 25.1 Å². The molecule has 2 N–H and O–H groups in total. The number of nitrogens with zero attached hydrogens (tertiary/aromatic N) is 2. The monoisotopic (exact) mass is 542 g/mol. The number of ether oxygens (including phenoxy) is 1. The lowest BCUT2D eigenvalue weighted by molar-refractivity contribution is 0.00104. The average molecular weight is 543 g/mol. The zero-order valence-corrected chi connectivity index (χ0v) is 20.9. The molecule has 7 nitrogen and oxygen atoms in total. The molecule has 29 heavy (non-hydrogen) atoms. The van der Waals surface area contributed by atoms with Crippen molar-refractivity contribution < 1.29 is 13.2 Å². The molecule has 1 saturated heterocycles. The van der Waals surface area contributed by atoms with Crippen molar-refractivity contribution in [3.8, 4) is 0 Å². The third-order valence-electron chi connectivity index (χ3n) is 6.47. The van der Waals surface area contributed by atoms with E-state index in [-0.39, 0.29) is 29.7 Å². The molecule has 2 aliphatic carbocycles. The SMILES string of the molecule is CN=C(NCCS(=O)(=O)NCC1CCC1)N1CCC(OCC2CCCC2)CC1.I. The Morgan fingerprint density at radius 2 is 1.69 bits per heavy atom. The molecule has 2 saturated carbocycles. The van der Waals surface area contributed by atoms with Crippen LogP contribution in [0.3, 0.4) is 0 Å². The van der Waals surface area contributed by atoms with Crippen LogP contribution in [0.2, 0.25) is 0 Å². The van der Waals surface area contributed by atoms with E-state index >= 15 is 0 Å². The summed E-state index contributed by atoms with van der Waals surface area (Å²) in [6.07, 6.45) is 11.3. The molecule has 0 atom stereocenters. The number of rotatable bonds is 9. The zero-order chi connectivity index (χ0) is 19.8. The van der Waals surface area contributed by atoms with Gasteiger partial charge in [-0.15, -0.1) is 24.0 Å². The summed E-state index contributed by atoms with van der Waals surface area (Å²) in [5.41, 5.74) is 0. The van der Waals surface area contributed by atoms with E-state index in [2.05, 4.69) is 19.9 Å². The Bertz CT molecular complexity index is 599. The highest BCUT2D eigenvalue weighted by Crippen LogP contribution is 2.26. The Labute approximate surface area is 193 Å². The minimum atomic E-state index is -3.22. The van der Waals surface area contributed by atoms with E-state index in [1.54, 1.807) is 7.05 Å². The molecule has 0 aromatic carbocycles. The fourth-order valence-corrected chi connectivity index (χ4v) is 5.33. The van der Waals surface area contributed by atoms with Gasteiger partial charge in [0, 0.05) is 39.8 Å². The van der Waals surface area contributed by atoms with Crippen molar-refractivity contribution in [1.82, 2.24) is 14.9 Å². The molecule has 9 heteroatoms. The van der Waals surface area contributed by atoms with E-state index in [4.69, 9.17) is 4.74 Å². The fraction of sp³-hybridized carbons (Fsp3) is 0.950. The van der Waals surface area contributed by atoms with Crippen LogP contribution in [0, 0.1) is 11.8 Å². The minimum Gasteiger partial charge on any atom is -0.378 e. The first-order valence-electron chi connectivity index (χ1n) is 11.1. The van der Waals surface area contributed by atoms with Crippen LogP contribution < -0.4 is 10.0 Å². The second-order valence-corrected chi connectivity index (χ2v) is 10.5. The maximum atomic E-state index is 12.1. The zero-order valence-electron chi connectivity index (χ0n) is 17.8. The molecule has 0 spiro atoms. The van der Waals surface area contributed by atoms with Gasteiger partial charge >= 0.3 is 0 Å². The predicted octanol–water partition coefficient (Wildman–Crippen LogP) is 2.57. The van der Waals surface area contributed by atoms with E-state index in [0.717, 1.165) is 57.3 Å². The first-order chi connectivity index (χ1) is 13.6. The van der Waals surface area contributed by atoms with Crippen molar-refractivity contribution in [3.05, 3.63) is 0 Å². The number of nitrogens with one attached hydrogen (secondary N) is 2. The molecule has 3 fully saturated rings. The van der Waals surface area contributed by atoms with E-state index in [9.17, 15) is 8.42 Å². The highest BCUT2D eigenvalue weighted by atomic mass is 127. The first-order valence-corrected chi connectivity index (χ1v) is 12.8. The number of piperidine rings is 1. The topological polar surface area (TPSA) is 83.0 Å². The Hall–Kier alpha value is -0.130. The van der Waals surface area contributed by atoms with Gasteiger partial charge in [-0.05, 0) is 50.4 Å². The van der Waals surface area contributed by atoms with Gasteiger partial charge in [0.05, 0.1) is 11.9 Å². The van der Waals surface area contributed by atoms with Crippen LogP contribution in [0.4, 0.5) is 0 Å². The molecule has 1 heterocycles. The Morgan fingerprint density at radius 3 is 2.28 bits per heavy atom. The molecule has 0 aromatic heterocycles. The lowest BCUT2D eigenvalue weighted by atomic mass is 9.86. The molecule has 3 rings (SSSR count). The van der Waals surface area contributed by atoms with Crippen molar-refractivity contribution in [3.63, 3.8) is 0 Å². The van der Waals surface area contributed by atoms with E-state index < -0.39 is 10.0 Å². The van der Waals surface area contributed by atoms with Crippen molar-refractivity contribution >= 4 is 40.0 Å². The van der Waals surface area contributed by atoms with Crippen LogP contribution >= 0.6 is 24.0 Å². The summed E-state index contributed by atoms with van der Waals surface area (Å²) in [6, 6.07) is 0. The van der Waals surface area contributed by atoms with Crippen LogP contribution in [0.15, 0.2) is 4.99 Å². The van der Waals surface area contributed by atoms with Crippen molar-refractivity contribution in [2.24, 2.45) is 16.8 Å². The highest BCUT2D eigenvalue weighted by molar-refractivity contribution is 14.0. The summed E-state index contributed by atoms with van der Waals surface area (Å²) >= 11 is 0. The summed E-state index contributed by atoms with van der Waals surface area (Å²) in [5.74, 6) is 2.18. The standard InChI is InChI=1S/C20H38N4O3S.HI/c1-21-20(22-11-14-28(25,26)23-15-17-7-4-8-17)24-12-9-19(10-13-24)27-16-18-5-2-3-6-18;/h17-19,23H,2-16H2,1H3,(H,21,22);1H. The fourth-order valence-electron chi connectivity index (χ4n) is 4.33. The lowest BCUT2D eigenvalue weighted by Gasteiger charge is -2.34. The summed E-state index contributed by atoms with van der Waals surface area (Å²) in [5, 5.41) is 3.22. The summed E-state index contributed by atoms with van der Waals surface area (Å²) in [7, 11) is -1.46. The maximum absolute atomic E-state index is 12.1. The molecular formula is C20H39IN4O3S. The van der Waals surface area contributed by atoms with Crippen LogP contribution in [-0.2, 0) is 14.8 Å². The van der Waals surface area contributed by atoms with Crippen LogP contribution in [0.5, 0.6) is 0 Å². The van der Waals surface area contributed by atoms with E-state index in [1.807, 2.05) is 0 Å².